The Bertz CT molecular complexity index is 288. The minimum atomic E-state index is -0.218. The lowest BCUT2D eigenvalue weighted by Crippen LogP contribution is -2.68. The van der Waals surface area contributed by atoms with Gasteiger partial charge >= 0.3 is 5.97 Å². The Labute approximate surface area is 103 Å². The highest BCUT2D eigenvalue weighted by Gasteiger charge is 2.59. The molecule has 1 N–H and O–H groups in total. The Morgan fingerprint density at radius 3 is 2.71 bits per heavy atom. The van der Waals surface area contributed by atoms with E-state index in [-0.39, 0.29) is 12.0 Å². The minimum Gasteiger partial charge on any atom is -0.468 e. The Hall–Kier alpha value is -0.610. The van der Waals surface area contributed by atoms with Crippen molar-refractivity contribution in [3.8, 4) is 0 Å². The zero-order valence-corrected chi connectivity index (χ0v) is 11.0. The van der Waals surface area contributed by atoms with E-state index in [9.17, 15) is 4.79 Å². The largest absolute Gasteiger partial charge is 0.468 e. The zero-order chi connectivity index (χ0) is 12.5. The maximum atomic E-state index is 11.4. The molecule has 17 heavy (non-hydrogen) atoms. The predicted octanol–water partition coefficient (Wildman–Crippen LogP) is 1.49. The summed E-state index contributed by atoms with van der Waals surface area (Å²) in [6.07, 6.45) is 5.15. The summed E-state index contributed by atoms with van der Waals surface area (Å²) >= 11 is 0. The summed E-state index contributed by atoms with van der Waals surface area (Å²) in [7, 11) is 1.43. The van der Waals surface area contributed by atoms with Crippen molar-refractivity contribution < 1.29 is 14.3 Å². The summed E-state index contributed by atoms with van der Waals surface area (Å²) in [6, 6.07) is 0.201. The fourth-order valence-electron chi connectivity index (χ4n) is 3.22. The van der Waals surface area contributed by atoms with Crippen LogP contribution in [0.3, 0.4) is 0 Å². The molecule has 98 valence electrons. The van der Waals surface area contributed by atoms with Crippen LogP contribution in [0.5, 0.6) is 0 Å². The van der Waals surface area contributed by atoms with Gasteiger partial charge in [-0.05, 0) is 33.1 Å². The lowest BCUT2D eigenvalue weighted by molar-refractivity contribution is -0.177. The average molecular weight is 241 g/mol. The summed E-state index contributed by atoms with van der Waals surface area (Å²) in [5, 5.41) is 3.39. The Morgan fingerprint density at radius 2 is 2.24 bits per heavy atom. The lowest BCUT2D eigenvalue weighted by Gasteiger charge is -2.61. The van der Waals surface area contributed by atoms with Crippen LogP contribution < -0.4 is 5.32 Å². The first kappa shape index (κ1) is 12.8. The normalized spacial score (nSPS) is 31.5. The third kappa shape index (κ3) is 2.08. The number of nitrogens with one attached hydrogen (secondary N) is 1. The van der Waals surface area contributed by atoms with E-state index in [1.807, 2.05) is 13.8 Å². The molecule has 0 aliphatic heterocycles. The topological polar surface area (TPSA) is 47.6 Å². The molecule has 2 aliphatic rings. The molecule has 0 bridgehead atoms. The number of carbonyl (C=O) groups excluding carboxylic acids is 1. The molecule has 0 aromatic carbocycles. The lowest BCUT2D eigenvalue weighted by atomic mass is 9.51. The van der Waals surface area contributed by atoms with Crippen molar-refractivity contribution >= 4 is 5.97 Å². The second-order valence-electron chi connectivity index (χ2n) is 5.23. The SMILES string of the molecule is CCOC1CC(NC(C)C(=O)OC)C12CCC2. The molecule has 1 spiro atoms. The van der Waals surface area contributed by atoms with Gasteiger partial charge in [0.05, 0.1) is 13.2 Å². The van der Waals surface area contributed by atoms with Gasteiger partial charge < -0.3 is 14.8 Å². The van der Waals surface area contributed by atoms with Crippen LogP contribution in [0.2, 0.25) is 0 Å². The van der Waals surface area contributed by atoms with E-state index in [2.05, 4.69) is 5.32 Å². The van der Waals surface area contributed by atoms with Crippen LogP contribution >= 0.6 is 0 Å². The van der Waals surface area contributed by atoms with E-state index in [1.54, 1.807) is 0 Å². The third-order valence-electron chi connectivity index (χ3n) is 4.44. The van der Waals surface area contributed by atoms with Gasteiger partial charge in [-0.25, -0.2) is 0 Å². The van der Waals surface area contributed by atoms with Gasteiger partial charge in [-0.1, -0.05) is 6.42 Å². The smallest absolute Gasteiger partial charge is 0.322 e. The fourth-order valence-corrected chi connectivity index (χ4v) is 3.22. The van der Waals surface area contributed by atoms with Crippen molar-refractivity contribution in [2.24, 2.45) is 5.41 Å². The van der Waals surface area contributed by atoms with Gasteiger partial charge in [0, 0.05) is 18.1 Å². The number of rotatable bonds is 5. The molecule has 0 heterocycles. The van der Waals surface area contributed by atoms with Crippen LogP contribution in [0.1, 0.15) is 39.5 Å². The maximum Gasteiger partial charge on any atom is 0.322 e. The molecule has 0 amide bonds. The molecule has 0 radical (unpaired) electrons. The summed E-state index contributed by atoms with van der Waals surface area (Å²) in [4.78, 5) is 11.4. The number of esters is 1. The first-order chi connectivity index (χ1) is 8.14. The van der Waals surface area contributed by atoms with Crippen LogP contribution in [-0.4, -0.2) is 37.9 Å². The molecule has 2 aliphatic carbocycles. The fraction of sp³-hybridized carbons (Fsp3) is 0.923. The van der Waals surface area contributed by atoms with Crippen LogP contribution in [0.4, 0.5) is 0 Å². The minimum absolute atomic E-state index is 0.181. The van der Waals surface area contributed by atoms with Crippen molar-refractivity contribution in [2.45, 2.75) is 57.7 Å². The number of hydrogen-bond donors (Lipinski definition) is 1. The Morgan fingerprint density at radius 1 is 1.53 bits per heavy atom. The molecular formula is C13H23NO3. The molecular weight excluding hydrogens is 218 g/mol. The standard InChI is InChI=1S/C13H23NO3/c1-4-17-11-8-10(13(11)6-5-7-13)14-9(2)12(15)16-3/h9-11,14H,4-8H2,1-3H3. The van der Waals surface area contributed by atoms with E-state index < -0.39 is 0 Å². The highest BCUT2D eigenvalue weighted by molar-refractivity contribution is 5.75. The van der Waals surface area contributed by atoms with E-state index >= 15 is 0 Å². The number of methoxy groups -OCH3 is 1. The Balaban J connectivity index is 1.89. The summed E-state index contributed by atoms with van der Waals surface area (Å²) < 4.78 is 10.5. The predicted molar refractivity (Wildman–Crippen MR) is 64.7 cm³/mol. The number of carbonyl (C=O) groups is 1. The molecule has 0 aromatic rings. The average Bonchev–Trinajstić information content (AvgIpc) is 2.23. The van der Waals surface area contributed by atoms with E-state index in [0.717, 1.165) is 13.0 Å². The monoisotopic (exact) mass is 241 g/mol. The van der Waals surface area contributed by atoms with Crippen molar-refractivity contribution in [1.29, 1.82) is 0 Å². The van der Waals surface area contributed by atoms with Gasteiger partial charge in [-0.2, -0.15) is 0 Å². The zero-order valence-electron chi connectivity index (χ0n) is 11.0. The molecule has 2 fully saturated rings. The van der Waals surface area contributed by atoms with Crippen molar-refractivity contribution in [2.75, 3.05) is 13.7 Å². The molecule has 4 nitrogen and oxygen atoms in total. The maximum absolute atomic E-state index is 11.4. The van der Waals surface area contributed by atoms with E-state index in [0.29, 0.717) is 17.6 Å². The van der Waals surface area contributed by atoms with Crippen molar-refractivity contribution in [3.63, 3.8) is 0 Å². The summed E-state index contributed by atoms with van der Waals surface area (Å²) in [5.41, 5.74) is 0.304. The number of ether oxygens (including phenoxy) is 2. The molecule has 2 saturated carbocycles. The highest BCUT2D eigenvalue weighted by atomic mass is 16.5. The second-order valence-corrected chi connectivity index (χ2v) is 5.23. The first-order valence-electron chi connectivity index (χ1n) is 6.59. The first-order valence-corrected chi connectivity index (χ1v) is 6.59. The van der Waals surface area contributed by atoms with Gasteiger partial charge in [0.15, 0.2) is 0 Å². The quantitative estimate of drug-likeness (QED) is 0.741. The van der Waals surface area contributed by atoms with E-state index in [1.165, 1.54) is 26.4 Å². The van der Waals surface area contributed by atoms with E-state index in [4.69, 9.17) is 9.47 Å². The molecule has 0 saturated heterocycles. The number of hydrogen-bond acceptors (Lipinski definition) is 4. The molecule has 3 atom stereocenters. The van der Waals surface area contributed by atoms with Crippen molar-refractivity contribution in [3.05, 3.63) is 0 Å². The summed E-state index contributed by atoms with van der Waals surface area (Å²) in [6.45, 7) is 4.70. The summed E-state index contributed by atoms with van der Waals surface area (Å²) in [5.74, 6) is -0.181. The van der Waals surface area contributed by atoms with Crippen LogP contribution in [0, 0.1) is 5.41 Å². The third-order valence-corrected chi connectivity index (χ3v) is 4.44. The molecule has 2 rings (SSSR count). The molecule has 4 heteroatoms. The van der Waals surface area contributed by atoms with Gasteiger partial charge in [-0.3, -0.25) is 4.79 Å². The highest BCUT2D eigenvalue weighted by Crippen LogP contribution is 2.57. The molecule has 3 unspecified atom stereocenters. The second kappa shape index (κ2) is 4.94. The van der Waals surface area contributed by atoms with Gasteiger partial charge in [0.1, 0.15) is 6.04 Å². The van der Waals surface area contributed by atoms with Crippen LogP contribution in [0.25, 0.3) is 0 Å². The molecule has 0 aromatic heterocycles. The van der Waals surface area contributed by atoms with Crippen LogP contribution in [0.15, 0.2) is 0 Å². The van der Waals surface area contributed by atoms with Gasteiger partial charge in [-0.15, -0.1) is 0 Å². The van der Waals surface area contributed by atoms with Crippen LogP contribution in [-0.2, 0) is 14.3 Å². The van der Waals surface area contributed by atoms with Crippen molar-refractivity contribution in [1.82, 2.24) is 5.32 Å². The van der Waals surface area contributed by atoms with Gasteiger partial charge in [0.25, 0.3) is 0 Å². The Kier molecular flexibility index (Phi) is 3.73. The van der Waals surface area contributed by atoms with Gasteiger partial charge in [0.2, 0.25) is 0 Å².